The van der Waals surface area contributed by atoms with Crippen molar-refractivity contribution in [3.05, 3.63) is 24.4 Å². The molecule has 0 unspecified atom stereocenters. The molecule has 1 atom stereocenters. The predicted octanol–water partition coefficient (Wildman–Crippen LogP) is 1.76. The Kier molecular flexibility index (Phi) is 3.55. The second kappa shape index (κ2) is 4.47. The van der Waals surface area contributed by atoms with Gasteiger partial charge in [0.2, 0.25) is 0 Å². The van der Waals surface area contributed by atoms with E-state index < -0.39 is 0 Å². The molecule has 0 aromatic carbocycles. The van der Waals surface area contributed by atoms with Gasteiger partial charge in [0.05, 0.1) is 0 Å². The minimum Gasteiger partial charge on any atom is -0.370 e. The van der Waals surface area contributed by atoms with Gasteiger partial charge in [-0.05, 0) is 26.8 Å². The van der Waals surface area contributed by atoms with E-state index in [1.165, 1.54) is 24.1 Å². The third-order valence-electron chi connectivity index (χ3n) is 2.54. The third kappa shape index (κ3) is 2.59. The van der Waals surface area contributed by atoms with Crippen molar-refractivity contribution in [2.24, 2.45) is 0 Å². The Morgan fingerprint density at radius 2 is 2.38 bits per heavy atom. The first-order chi connectivity index (χ1) is 6.15. The van der Waals surface area contributed by atoms with E-state index in [1.54, 1.807) is 0 Å². The number of hydrogen-bond donors (Lipinski definition) is 1. The highest BCUT2D eigenvalue weighted by Crippen LogP contribution is 2.19. The van der Waals surface area contributed by atoms with Crippen molar-refractivity contribution in [3.8, 4) is 0 Å². The zero-order valence-corrected chi connectivity index (χ0v) is 8.77. The summed E-state index contributed by atoms with van der Waals surface area (Å²) in [5, 5.41) is 3.29. The summed E-state index contributed by atoms with van der Waals surface area (Å²) >= 11 is 0. The molecule has 1 aliphatic rings. The first kappa shape index (κ1) is 10.3. The molecule has 1 aliphatic heterocycles. The largest absolute Gasteiger partial charge is 0.370 e. The number of hydrogen-bond acceptors (Lipinski definition) is 2. The van der Waals surface area contributed by atoms with E-state index >= 15 is 0 Å². The lowest BCUT2D eigenvalue weighted by Gasteiger charge is -2.36. The highest BCUT2D eigenvalue weighted by atomic mass is 15.2. The lowest BCUT2D eigenvalue weighted by molar-refractivity contribution is 0.277. The van der Waals surface area contributed by atoms with E-state index in [9.17, 15) is 0 Å². The molecule has 2 nitrogen and oxygen atoms in total. The second-order valence-electron chi connectivity index (χ2n) is 3.85. The van der Waals surface area contributed by atoms with Crippen LogP contribution in [0.1, 0.15) is 19.8 Å². The molecule has 74 valence electrons. The molecule has 2 heteroatoms. The average Bonchev–Trinajstić information content (AvgIpc) is 2.08. The average molecular weight is 180 g/mol. The zero-order valence-electron chi connectivity index (χ0n) is 8.77. The van der Waals surface area contributed by atoms with Crippen LogP contribution in [0.3, 0.4) is 0 Å². The Hall–Kier alpha value is -0.760. The zero-order chi connectivity index (χ0) is 9.84. The van der Waals surface area contributed by atoms with Gasteiger partial charge < -0.3 is 10.2 Å². The van der Waals surface area contributed by atoms with Crippen LogP contribution in [0.5, 0.6) is 0 Å². The molecule has 0 amide bonds. The minimum atomic E-state index is 0.466. The molecule has 1 saturated heterocycles. The quantitative estimate of drug-likeness (QED) is 0.666. The van der Waals surface area contributed by atoms with Crippen molar-refractivity contribution in [1.82, 2.24) is 10.2 Å². The standard InChI is InChI=1S/C11H20N2/c1-9(2)8-13-7-5-6-11(12-4)10(13)3/h11-12H,1,3,5-8H2,2,4H3/t11-/m0/s1. The summed E-state index contributed by atoms with van der Waals surface area (Å²) in [5.74, 6) is 0. The molecule has 1 fully saturated rings. The minimum absolute atomic E-state index is 0.466. The topological polar surface area (TPSA) is 15.3 Å². The van der Waals surface area contributed by atoms with Gasteiger partial charge in [0.15, 0.2) is 0 Å². The fourth-order valence-electron chi connectivity index (χ4n) is 1.83. The summed E-state index contributed by atoms with van der Waals surface area (Å²) in [4.78, 5) is 2.33. The van der Waals surface area contributed by atoms with Crippen molar-refractivity contribution in [3.63, 3.8) is 0 Å². The van der Waals surface area contributed by atoms with Crippen molar-refractivity contribution in [2.75, 3.05) is 20.1 Å². The van der Waals surface area contributed by atoms with Crippen LogP contribution in [0.2, 0.25) is 0 Å². The monoisotopic (exact) mass is 180 g/mol. The maximum Gasteiger partial charge on any atom is 0.0463 e. The molecule has 0 saturated carbocycles. The van der Waals surface area contributed by atoms with Crippen molar-refractivity contribution < 1.29 is 0 Å². The molecular formula is C11H20N2. The second-order valence-corrected chi connectivity index (χ2v) is 3.85. The maximum absolute atomic E-state index is 4.12. The summed E-state index contributed by atoms with van der Waals surface area (Å²) in [5.41, 5.74) is 2.43. The number of nitrogens with zero attached hydrogens (tertiary/aromatic N) is 1. The van der Waals surface area contributed by atoms with E-state index in [0.717, 1.165) is 13.1 Å². The van der Waals surface area contributed by atoms with Crippen LogP contribution in [0.4, 0.5) is 0 Å². The highest BCUT2D eigenvalue weighted by molar-refractivity contribution is 5.10. The summed E-state index contributed by atoms with van der Waals surface area (Å²) in [6.45, 7) is 12.2. The molecule has 0 bridgehead atoms. The molecule has 1 heterocycles. The molecule has 0 spiro atoms. The summed E-state index contributed by atoms with van der Waals surface area (Å²) in [7, 11) is 2.00. The Bertz CT molecular complexity index is 208. The van der Waals surface area contributed by atoms with Crippen LogP contribution in [0.25, 0.3) is 0 Å². The van der Waals surface area contributed by atoms with Crippen LogP contribution in [-0.2, 0) is 0 Å². The number of likely N-dealkylation sites (tertiary alicyclic amines) is 1. The molecule has 0 aromatic heterocycles. The fourth-order valence-corrected chi connectivity index (χ4v) is 1.83. The van der Waals surface area contributed by atoms with E-state index in [2.05, 4.69) is 30.3 Å². The molecule has 1 N–H and O–H groups in total. The lowest BCUT2D eigenvalue weighted by atomic mass is 10.0. The van der Waals surface area contributed by atoms with Crippen LogP contribution in [0, 0.1) is 0 Å². The lowest BCUT2D eigenvalue weighted by Crippen LogP contribution is -2.42. The van der Waals surface area contributed by atoms with Crippen molar-refractivity contribution >= 4 is 0 Å². The van der Waals surface area contributed by atoms with Gasteiger partial charge in [0.25, 0.3) is 0 Å². The van der Waals surface area contributed by atoms with Gasteiger partial charge in [0, 0.05) is 24.8 Å². The number of rotatable bonds is 3. The maximum atomic E-state index is 4.12. The van der Waals surface area contributed by atoms with Crippen LogP contribution in [-0.4, -0.2) is 31.1 Å². The van der Waals surface area contributed by atoms with Crippen molar-refractivity contribution in [2.45, 2.75) is 25.8 Å². The molecular weight excluding hydrogens is 160 g/mol. The van der Waals surface area contributed by atoms with E-state index in [1.807, 2.05) is 7.05 Å². The Labute approximate surface area is 81.3 Å². The SMILES string of the molecule is C=C(C)CN1CCC[C@H](NC)C1=C. The first-order valence-corrected chi connectivity index (χ1v) is 4.90. The summed E-state index contributed by atoms with van der Waals surface area (Å²) < 4.78 is 0. The van der Waals surface area contributed by atoms with Gasteiger partial charge in [-0.25, -0.2) is 0 Å². The normalized spacial score (nSPS) is 23.4. The summed E-state index contributed by atoms with van der Waals surface area (Å²) in [6.07, 6.45) is 2.46. The molecule has 0 radical (unpaired) electrons. The number of nitrogens with one attached hydrogen (secondary N) is 1. The van der Waals surface area contributed by atoms with Gasteiger partial charge in [0.1, 0.15) is 0 Å². The van der Waals surface area contributed by atoms with Gasteiger partial charge in [-0.3, -0.25) is 0 Å². The van der Waals surface area contributed by atoms with E-state index in [4.69, 9.17) is 0 Å². The Morgan fingerprint density at radius 3 is 2.92 bits per heavy atom. The van der Waals surface area contributed by atoms with E-state index in [-0.39, 0.29) is 0 Å². The van der Waals surface area contributed by atoms with Gasteiger partial charge >= 0.3 is 0 Å². The van der Waals surface area contributed by atoms with Crippen LogP contribution in [0.15, 0.2) is 24.4 Å². The van der Waals surface area contributed by atoms with Gasteiger partial charge in [-0.1, -0.05) is 18.7 Å². The molecule has 1 rings (SSSR count). The van der Waals surface area contributed by atoms with Gasteiger partial charge in [-0.2, -0.15) is 0 Å². The van der Waals surface area contributed by atoms with Crippen molar-refractivity contribution in [1.29, 1.82) is 0 Å². The predicted molar refractivity (Wildman–Crippen MR) is 57.6 cm³/mol. The van der Waals surface area contributed by atoms with Crippen LogP contribution >= 0.6 is 0 Å². The molecule has 13 heavy (non-hydrogen) atoms. The number of piperidine rings is 1. The smallest absolute Gasteiger partial charge is 0.0463 e. The number of likely N-dealkylation sites (N-methyl/N-ethyl adjacent to an activating group) is 1. The first-order valence-electron chi connectivity index (χ1n) is 4.90. The van der Waals surface area contributed by atoms with Gasteiger partial charge in [-0.15, -0.1) is 0 Å². The summed E-state index contributed by atoms with van der Waals surface area (Å²) in [6, 6.07) is 0.466. The Balaban J connectivity index is 2.54. The molecule has 0 aliphatic carbocycles. The molecule has 0 aromatic rings. The highest BCUT2D eigenvalue weighted by Gasteiger charge is 2.21. The third-order valence-corrected chi connectivity index (χ3v) is 2.54. The van der Waals surface area contributed by atoms with E-state index in [0.29, 0.717) is 6.04 Å². The van der Waals surface area contributed by atoms with Crippen LogP contribution < -0.4 is 5.32 Å². The Morgan fingerprint density at radius 1 is 1.69 bits per heavy atom. The fraction of sp³-hybridized carbons (Fsp3) is 0.636.